The molecule has 21 heavy (non-hydrogen) atoms. The monoisotopic (exact) mass is 276 g/mol. The molecule has 104 valence electrons. The van der Waals surface area contributed by atoms with Crippen molar-refractivity contribution in [2.45, 2.75) is 6.92 Å². The highest BCUT2D eigenvalue weighted by Crippen LogP contribution is 2.39. The molecule has 0 fully saturated rings. The molecule has 0 bridgehead atoms. The molecule has 0 atom stereocenters. The van der Waals surface area contributed by atoms with Crippen molar-refractivity contribution in [1.82, 2.24) is 0 Å². The average Bonchev–Trinajstić information content (AvgIpc) is 2.51. The first-order chi connectivity index (χ1) is 10.1. The third kappa shape index (κ3) is 2.61. The van der Waals surface area contributed by atoms with Crippen molar-refractivity contribution in [2.24, 2.45) is 0 Å². The molecule has 2 N–H and O–H groups in total. The Kier molecular flexibility index (Phi) is 3.36. The predicted octanol–water partition coefficient (Wildman–Crippen LogP) is 4.74. The molecule has 0 amide bonds. The lowest BCUT2D eigenvalue weighted by Crippen LogP contribution is -1.86. The van der Waals surface area contributed by atoms with Gasteiger partial charge in [-0.1, -0.05) is 60.2 Å². The first-order valence-corrected chi connectivity index (χ1v) is 6.83. The second-order valence-corrected chi connectivity index (χ2v) is 5.12. The molecule has 0 aliphatic heterocycles. The summed E-state index contributed by atoms with van der Waals surface area (Å²) in [5, 5.41) is 19.7. The van der Waals surface area contributed by atoms with Crippen LogP contribution < -0.4 is 0 Å². The van der Waals surface area contributed by atoms with Gasteiger partial charge in [0.05, 0.1) is 0 Å². The van der Waals surface area contributed by atoms with Gasteiger partial charge in [0.25, 0.3) is 0 Å². The van der Waals surface area contributed by atoms with Crippen LogP contribution in [0.25, 0.3) is 22.3 Å². The fraction of sp³-hybridized carbons (Fsp3) is 0.0526. The van der Waals surface area contributed by atoms with Crippen LogP contribution >= 0.6 is 0 Å². The highest BCUT2D eigenvalue weighted by Gasteiger charge is 2.12. The number of hydrogen-bond acceptors (Lipinski definition) is 2. The van der Waals surface area contributed by atoms with E-state index < -0.39 is 0 Å². The average molecular weight is 276 g/mol. The molecule has 0 aliphatic rings. The van der Waals surface area contributed by atoms with E-state index in [4.69, 9.17) is 0 Å². The topological polar surface area (TPSA) is 40.5 Å². The smallest absolute Gasteiger partial charge is 0.158 e. The van der Waals surface area contributed by atoms with Crippen molar-refractivity contribution in [3.05, 3.63) is 72.3 Å². The van der Waals surface area contributed by atoms with Crippen molar-refractivity contribution in [1.29, 1.82) is 0 Å². The molecule has 3 rings (SSSR count). The second kappa shape index (κ2) is 5.33. The van der Waals surface area contributed by atoms with Crippen LogP contribution in [0.15, 0.2) is 66.7 Å². The molecule has 2 heteroatoms. The van der Waals surface area contributed by atoms with E-state index in [9.17, 15) is 10.2 Å². The van der Waals surface area contributed by atoms with Gasteiger partial charge >= 0.3 is 0 Å². The van der Waals surface area contributed by atoms with E-state index in [1.165, 1.54) is 5.56 Å². The Morgan fingerprint density at radius 3 is 1.62 bits per heavy atom. The number of rotatable bonds is 2. The predicted molar refractivity (Wildman–Crippen MR) is 85.4 cm³/mol. The minimum absolute atomic E-state index is 0.106. The quantitative estimate of drug-likeness (QED) is 0.664. The Hall–Kier alpha value is -2.74. The Balaban J connectivity index is 2.24. The lowest BCUT2D eigenvalue weighted by molar-refractivity contribution is 0.404. The highest BCUT2D eigenvalue weighted by molar-refractivity contribution is 5.85. The number of aromatic hydroxyl groups is 2. The number of benzene rings is 3. The minimum atomic E-state index is -0.107. The number of phenols is 2. The van der Waals surface area contributed by atoms with Crippen LogP contribution in [0.2, 0.25) is 0 Å². The molecule has 0 saturated carbocycles. The van der Waals surface area contributed by atoms with Crippen LogP contribution in [-0.2, 0) is 0 Å². The molecule has 0 spiro atoms. The van der Waals surface area contributed by atoms with E-state index in [1.807, 2.05) is 61.5 Å². The first kappa shape index (κ1) is 13.3. The summed E-state index contributed by atoms with van der Waals surface area (Å²) in [6.45, 7) is 2.04. The van der Waals surface area contributed by atoms with E-state index in [-0.39, 0.29) is 11.5 Å². The molecular formula is C19H16O2. The Bertz CT molecular complexity index is 760. The van der Waals surface area contributed by atoms with Crippen molar-refractivity contribution < 1.29 is 10.2 Å². The summed E-state index contributed by atoms with van der Waals surface area (Å²) >= 11 is 0. The maximum Gasteiger partial charge on any atom is 0.158 e. The Labute approximate surface area is 123 Å². The van der Waals surface area contributed by atoms with Gasteiger partial charge in [-0.3, -0.25) is 0 Å². The first-order valence-electron chi connectivity index (χ1n) is 6.83. The molecule has 0 saturated heterocycles. The summed E-state index contributed by atoms with van der Waals surface area (Å²) < 4.78 is 0. The molecule has 3 aromatic rings. The Morgan fingerprint density at radius 2 is 1.10 bits per heavy atom. The molecule has 0 heterocycles. The van der Waals surface area contributed by atoms with Gasteiger partial charge in [-0.2, -0.15) is 0 Å². The molecular weight excluding hydrogens is 260 g/mol. The normalized spacial score (nSPS) is 10.5. The standard InChI is InChI=1S/C19H16O2/c1-13-7-9-15(10-8-13)17-12-19(21)18(20)11-16(17)14-5-3-2-4-6-14/h2-12,20-21H,1H3. The maximum absolute atomic E-state index is 9.84. The van der Waals surface area contributed by atoms with E-state index in [0.717, 1.165) is 22.3 Å². The van der Waals surface area contributed by atoms with Crippen LogP contribution in [0.1, 0.15) is 5.56 Å². The highest BCUT2D eigenvalue weighted by atomic mass is 16.3. The summed E-state index contributed by atoms with van der Waals surface area (Å²) in [5.74, 6) is -0.213. The molecule has 3 aromatic carbocycles. The number of hydrogen-bond donors (Lipinski definition) is 2. The van der Waals surface area contributed by atoms with Gasteiger partial charge in [0.2, 0.25) is 0 Å². The van der Waals surface area contributed by atoms with E-state index in [2.05, 4.69) is 0 Å². The minimum Gasteiger partial charge on any atom is -0.504 e. The summed E-state index contributed by atoms with van der Waals surface area (Å²) in [6, 6.07) is 21.2. The van der Waals surface area contributed by atoms with Crippen molar-refractivity contribution >= 4 is 0 Å². The van der Waals surface area contributed by atoms with Gasteiger partial charge in [-0.25, -0.2) is 0 Å². The van der Waals surface area contributed by atoms with Gasteiger partial charge < -0.3 is 10.2 Å². The number of phenolic OH excluding ortho intramolecular Hbond substituents is 2. The largest absolute Gasteiger partial charge is 0.504 e. The van der Waals surface area contributed by atoms with Gasteiger partial charge in [0, 0.05) is 0 Å². The molecule has 0 unspecified atom stereocenters. The molecule has 2 nitrogen and oxygen atoms in total. The zero-order chi connectivity index (χ0) is 14.8. The fourth-order valence-electron chi connectivity index (χ4n) is 2.41. The fourth-order valence-corrected chi connectivity index (χ4v) is 2.41. The lowest BCUT2D eigenvalue weighted by Gasteiger charge is -2.12. The summed E-state index contributed by atoms with van der Waals surface area (Å²) in [4.78, 5) is 0. The van der Waals surface area contributed by atoms with Crippen molar-refractivity contribution in [3.8, 4) is 33.8 Å². The van der Waals surface area contributed by atoms with E-state index >= 15 is 0 Å². The molecule has 0 aliphatic carbocycles. The van der Waals surface area contributed by atoms with Crippen LogP contribution in [0.4, 0.5) is 0 Å². The van der Waals surface area contributed by atoms with Crippen LogP contribution in [0.3, 0.4) is 0 Å². The van der Waals surface area contributed by atoms with E-state index in [1.54, 1.807) is 12.1 Å². The lowest BCUT2D eigenvalue weighted by atomic mass is 9.93. The third-order valence-corrected chi connectivity index (χ3v) is 3.56. The van der Waals surface area contributed by atoms with Gasteiger partial charge in [0.15, 0.2) is 11.5 Å². The Morgan fingerprint density at radius 1 is 0.619 bits per heavy atom. The summed E-state index contributed by atoms with van der Waals surface area (Å²) in [6.07, 6.45) is 0. The second-order valence-electron chi connectivity index (χ2n) is 5.12. The van der Waals surface area contributed by atoms with E-state index in [0.29, 0.717) is 0 Å². The maximum atomic E-state index is 9.84. The van der Waals surface area contributed by atoms with Gasteiger partial charge in [-0.15, -0.1) is 0 Å². The van der Waals surface area contributed by atoms with Crippen LogP contribution in [-0.4, -0.2) is 10.2 Å². The van der Waals surface area contributed by atoms with Crippen molar-refractivity contribution in [3.63, 3.8) is 0 Å². The van der Waals surface area contributed by atoms with Crippen LogP contribution in [0.5, 0.6) is 11.5 Å². The van der Waals surface area contributed by atoms with Crippen LogP contribution in [0, 0.1) is 6.92 Å². The van der Waals surface area contributed by atoms with Gasteiger partial charge in [-0.05, 0) is 41.3 Å². The SMILES string of the molecule is Cc1ccc(-c2cc(O)c(O)cc2-c2ccccc2)cc1. The van der Waals surface area contributed by atoms with Gasteiger partial charge in [0.1, 0.15) is 0 Å². The zero-order valence-electron chi connectivity index (χ0n) is 11.7. The summed E-state index contributed by atoms with van der Waals surface area (Å²) in [5.41, 5.74) is 4.99. The summed E-state index contributed by atoms with van der Waals surface area (Å²) in [7, 11) is 0. The third-order valence-electron chi connectivity index (χ3n) is 3.56. The number of aryl methyl sites for hydroxylation is 1. The van der Waals surface area contributed by atoms with Crippen molar-refractivity contribution in [2.75, 3.05) is 0 Å². The zero-order valence-corrected chi connectivity index (χ0v) is 11.7. The molecule has 0 aromatic heterocycles. The molecule has 0 radical (unpaired) electrons.